The van der Waals surface area contributed by atoms with Crippen molar-refractivity contribution < 1.29 is 14.7 Å². The van der Waals surface area contributed by atoms with Gasteiger partial charge in [0.2, 0.25) is 5.91 Å². The molecule has 0 aromatic rings. The largest absolute Gasteiger partial charge is 0.478 e. The number of aliphatic carboxylic acids is 1. The molecule has 104 valence electrons. The van der Waals surface area contributed by atoms with Crippen molar-refractivity contribution in [2.45, 2.75) is 53.4 Å². The van der Waals surface area contributed by atoms with Crippen LogP contribution in [0.3, 0.4) is 0 Å². The molecule has 18 heavy (non-hydrogen) atoms. The van der Waals surface area contributed by atoms with Crippen LogP contribution in [0, 0.1) is 0 Å². The second-order valence-corrected chi connectivity index (χ2v) is 4.55. The number of carbonyl (C=O) groups is 2. The molecular formula is C14H25NO3. The lowest BCUT2D eigenvalue weighted by Crippen LogP contribution is -2.34. The van der Waals surface area contributed by atoms with E-state index >= 15 is 0 Å². The monoisotopic (exact) mass is 255 g/mol. The van der Waals surface area contributed by atoms with Crippen LogP contribution in [-0.2, 0) is 9.59 Å². The summed E-state index contributed by atoms with van der Waals surface area (Å²) in [5.74, 6) is -1.16. The van der Waals surface area contributed by atoms with Crippen LogP contribution in [0.15, 0.2) is 11.1 Å². The van der Waals surface area contributed by atoms with Crippen LogP contribution in [0.1, 0.15) is 53.4 Å². The molecule has 1 amide bonds. The van der Waals surface area contributed by atoms with Crippen LogP contribution >= 0.6 is 0 Å². The molecule has 4 nitrogen and oxygen atoms in total. The Labute approximate surface area is 110 Å². The molecular weight excluding hydrogens is 230 g/mol. The van der Waals surface area contributed by atoms with Gasteiger partial charge in [0.15, 0.2) is 0 Å². The molecule has 0 aromatic heterocycles. The van der Waals surface area contributed by atoms with E-state index in [0.717, 1.165) is 25.7 Å². The zero-order valence-electron chi connectivity index (χ0n) is 12.0. The highest BCUT2D eigenvalue weighted by Gasteiger charge is 2.18. The van der Waals surface area contributed by atoms with Crippen molar-refractivity contribution >= 4 is 11.9 Å². The fraction of sp³-hybridized carbons (Fsp3) is 0.714. The van der Waals surface area contributed by atoms with Crippen LogP contribution in [0.5, 0.6) is 0 Å². The lowest BCUT2D eigenvalue weighted by molar-refractivity contribution is -0.134. The van der Waals surface area contributed by atoms with Crippen molar-refractivity contribution in [3.8, 4) is 0 Å². The fourth-order valence-electron chi connectivity index (χ4n) is 1.57. The highest BCUT2D eigenvalue weighted by molar-refractivity contribution is 6.01. The molecule has 0 unspecified atom stereocenters. The van der Waals surface area contributed by atoms with E-state index in [4.69, 9.17) is 5.11 Å². The standard InChI is InChI=1S/C14H25NO3/c1-5-7-9-15(10-8-6-2)13(16)11(3)12(4)14(17)18/h5-10H2,1-4H3,(H,17,18). The number of rotatable bonds is 8. The van der Waals surface area contributed by atoms with Gasteiger partial charge in [-0.1, -0.05) is 26.7 Å². The van der Waals surface area contributed by atoms with Gasteiger partial charge in [-0.3, -0.25) is 4.79 Å². The Balaban J connectivity index is 4.82. The molecule has 0 heterocycles. The summed E-state index contributed by atoms with van der Waals surface area (Å²) >= 11 is 0. The molecule has 0 saturated carbocycles. The first kappa shape index (κ1) is 16.7. The van der Waals surface area contributed by atoms with Gasteiger partial charge < -0.3 is 10.0 Å². The molecule has 1 N–H and O–H groups in total. The Morgan fingerprint density at radius 2 is 1.39 bits per heavy atom. The Kier molecular flexibility index (Phi) is 8.08. The Hall–Kier alpha value is -1.32. The van der Waals surface area contributed by atoms with E-state index in [0.29, 0.717) is 18.7 Å². The molecule has 0 aliphatic rings. The predicted molar refractivity (Wildman–Crippen MR) is 72.4 cm³/mol. The maximum absolute atomic E-state index is 12.2. The van der Waals surface area contributed by atoms with E-state index in [1.807, 2.05) is 0 Å². The molecule has 0 radical (unpaired) electrons. The smallest absolute Gasteiger partial charge is 0.331 e. The summed E-state index contributed by atoms with van der Waals surface area (Å²) in [6.07, 6.45) is 3.96. The predicted octanol–water partition coefficient (Wildman–Crippen LogP) is 2.84. The first-order valence-corrected chi connectivity index (χ1v) is 6.65. The maximum Gasteiger partial charge on any atom is 0.331 e. The quantitative estimate of drug-likeness (QED) is 0.678. The summed E-state index contributed by atoms with van der Waals surface area (Å²) in [6, 6.07) is 0. The van der Waals surface area contributed by atoms with Crippen molar-refractivity contribution in [3.05, 3.63) is 11.1 Å². The number of carbonyl (C=O) groups excluding carboxylic acids is 1. The van der Waals surface area contributed by atoms with E-state index in [1.54, 1.807) is 11.8 Å². The van der Waals surface area contributed by atoms with Crippen molar-refractivity contribution in [1.29, 1.82) is 0 Å². The number of nitrogens with zero attached hydrogens (tertiary/aromatic N) is 1. The molecule has 0 aromatic carbocycles. The SMILES string of the molecule is CCCCN(CCCC)C(=O)C(C)=C(C)C(=O)O. The molecule has 0 aliphatic carbocycles. The molecule has 0 fully saturated rings. The van der Waals surface area contributed by atoms with Crippen molar-refractivity contribution in [3.63, 3.8) is 0 Å². The topological polar surface area (TPSA) is 57.6 Å². The molecule has 0 atom stereocenters. The van der Waals surface area contributed by atoms with Crippen LogP contribution < -0.4 is 0 Å². The molecule has 0 spiro atoms. The van der Waals surface area contributed by atoms with E-state index in [-0.39, 0.29) is 11.5 Å². The summed E-state index contributed by atoms with van der Waals surface area (Å²) in [5, 5.41) is 8.91. The molecule has 0 rings (SSSR count). The highest BCUT2D eigenvalue weighted by atomic mass is 16.4. The van der Waals surface area contributed by atoms with Gasteiger partial charge in [0.25, 0.3) is 0 Å². The van der Waals surface area contributed by atoms with E-state index < -0.39 is 5.97 Å². The van der Waals surface area contributed by atoms with Gasteiger partial charge in [-0.2, -0.15) is 0 Å². The molecule has 0 saturated heterocycles. The molecule has 0 aliphatic heterocycles. The van der Waals surface area contributed by atoms with Crippen LogP contribution in [0.2, 0.25) is 0 Å². The van der Waals surface area contributed by atoms with Crippen LogP contribution in [-0.4, -0.2) is 35.0 Å². The summed E-state index contributed by atoms with van der Waals surface area (Å²) in [5.41, 5.74) is 0.479. The van der Waals surface area contributed by atoms with Crippen molar-refractivity contribution in [2.75, 3.05) is 13.1 Å². The number of unbranched alkanes of at least 4 members (excludes halogenated alkanes) is 2. The number of amides is 1. The van der Waals surface area contributed by atoms with Gasteiger partial charge >= 0.3 is 5.97 Å². The average molecular weight is 255 g/mol. The van der Waals surface area contributed by atoms with Crippen LogP contribution in [0.4, 0.5) is 0 Å². The minimum atomic E-state index is -1.02. The van der Waals surface area contributed by atoms with Crippen molar-refractivity contribution in [2.24, 2.45) is 0 Å². The summed E-state index contributed by atoms with van der Waals surface area (Å²) < 4.78 is 0. The summed E-state index contributed by atoms with van der Waals surface area (Å²) in [6.45, 7) is 8.64. The highest BCUT2D eigenvalue weighted by Crippen LogP contribution is 2.10. The second-order valence-electron chi connectivity index (χ2n) is 4.55. The number of hydrogen-bond donors (Lipinski definition) is 1. The van der Waals surface area contributed by atoms with Gasteiger partial charge in [0, 0.05) is 24.2 Å². The molecule has 4 heteroatoms. The van der Waals surface area contributed by atoms with Gasteiger partial charge in [-0.15, -0.1) is 0 Å². The number of hydrogen-bond acceptors (Lipinski definition) is 2. The van der Waals surface area contributed by atoms with Crippen molar-refractivity contribution in [1.82, 2.24) is 4.90 Å². The van der Waals surface area contributed by atoms with E-state index in [9.17, 15) is 9.59 Å². The fourth-order valence-corrected chi connectivity index (χ4v) is 1.57. The first-order valence-electron chi connectivity index (χ1n) is 6.65. The van der Waals surface area contributed by atoms with Gasteiger partial charge in [0.05, 0.1) is 0 Å². The minimum absolute atomic E-state index is 0.137. The second kappa shape index (κ2) is 8.72. The lowest BCUT2D eigenvalue weighted by atomic mass is 10.1. The average Bonchev–Trinajstić information content (AvgIpc) is 2.36. The third kappa shape index (κ3) is 5.34. The summed E-state index contributed by atoms with van der Waals surface area (Å²) in [4.78, 5) is 24.8. The van der Waals surface area contributed by atoms with Gasteiger partial charge in [-0.05, 0) is 26.7 Å². The lowest BCUT2D eigenvalue weighted by Gasteiger charge is -2.23. The summed E-state index contributed by atoms with van der Waals surface area (Å²) in [7, 11) is 0. The zero-order valence-corrected chi connectivity index (χ0v) is 12.0. The Bertz CT molecular complexity index is 313. The number of carboxylic acids is 1. The van der Waals surface area contributed by atoms with E-state index in [2.05, 4.69) is 13.8 Å². The third-order valence-corrected chi connectivity index (χ3v) is 3.05. The first-order chi connectivity index (χ1) is 8.45. The zero-order chi connectivity index (χ0) is 14.1. The Morgan fingerprint density at radius 3 is 1.72 bits per heavy atom. The van der Waals surface area contributed by atoms with Crippen LogP contribution in [0.25, 0.3) is 0 Å². The van der Waals surface area contributed by atoms with Gasteiger partial charge in [0.1, 0.15) is 0 Å². The third-order valence-electron chi connectivity index (χ3n) is 3.05. The minimum Gasteiger partial charge on any atom is -0.478 e. The maximum atomic E-state index is 12.2. The normalized spacial score (nSPS) is 12.0. The van der Waals surface area contributed by atoms with E-state index in [1.165, 1.54) is 6.92 Å². The van der Waals surface area contributed by atoms with Gasteiger partial charge in [-0.25, -0.2) is 4.79 Å². The molecule has 0 bridgehead atoms. The number of carboxylic acid groups (broad SMARTS) is 1. The Morgan fingerprint density at radius 1 is 0.944 bits per heavy atom.